The quantitative estimate of drug-likeness (QED) is 0.769. The van der Waals surface area contributed by atoms with E-state index in [1.807, 2.05) is 0 Å². The van der Waals surface area contributed by atoms with E-state index in [9.17, 15) is 13.6 Å². The standard InChI is InChI=1S/C18H16F2N2O2/c1-9-13-6-11(19)7-14(18(21)23)17(13)24-16(9)12-4-3-10(8-22-2)5-15(12)20/h3-7,22H,8H2,1-2H3,(H2,21,23). The van der Waals surface area contributed by atoms with Crippen LogP contribution in [0.2, 0.25) is 0 Å². The Morgan fingerprint density at radius 1 is 1.25 bits per heavy atom. The van der Waals surface area contributed by atoms with Gasteiger partial charge in [0.05, 0.1) is 11.1 Å². The van der Waals surface area contributed by atoms with Gasteiger partial charge < -0.3 is 15.5 Å². The lowest BCUT2D eigenvalue weighted by Gasteiger charge is -2.05. The van der Waals surface area contributed by atoms with Crippen LogP contribution in [0.15, 0.2) is 34.7 Å². The van der Waals surface area contributed by atoms with Crippen molar-refractivity contribution in [2.24, 2.45) is 5.73 Å². The van der Waals surface area contributed by atoms with Gasteiger partial charge in [-0.15, -0.1) is 0 Å². The van der Waals surface area contributed by atoms with E-state index in [1.54, 1.807) is 26.1 Å². The fourth-order valence-corrected chi connectivity index (χ4v) is 2.78. The third-order valence-electron chi connectivity index (χ3n) is 3.93. The summed E-state index contributed by atoms with van der Waals surface area (Å²) in [5.41, 5.74) is 6.97. The van der Waals surface area contributed by atoms with Crippen LogP contribution in [0.5, 0.6) is 0 Å². The number of furan rings is 1. The average Bonchev–Trinajstić information content (AvgIpc) is 2.84. The first-order valence-corrected chi connectivity index (χ1v) is 7.38. The third kappa shape index (κ3) is 2.65. The molecule has 24 heavy (non-hydrogen) atoms. The molecule has 0 aliphatic rings. The Labute approximate surface area is 137 Å². The predicted molar refractivity (Wildman–Crippen MR) is 87.6 cm³/mol. The molecule has 0 fully saturated rings. The summed E-state index contributed by atoms with van der Waals surface area (Å²) in [5, 5.41) is 3.35. The zero-order chi connectivity index (χ0) is 17.4. The smallest absolute Gasteiger partial charge is 0.252 e. The van der Waals surface area contributed by atoms with Gasteiger partial charge in [-0.2, -0.15) is 0 Å². The van der Waals surface area contributed by atoms with Crippen molar-refractivity contribution in [3.05, 3.63) is 58.7 Å². The van der Waals surface area contributed by atoms with Gasteiger partial charge in [0, 0.05) is 17.5 Å². The molecule has 3 aromatic rings. The predicted octanol–water partition coefficient (Wildman–Crippen LogP) is 3.50. The Hall–Kier alpha value is -2.73. The molecule has 3 rings (SSSR count). The summed E-state index contributed by atoms with van der Waals surface area (Å²) < 4.78 is 33.9. The van der Waals surface area contributed by atoms with Crippen LogP contribution in [0.1, 0.15) is 21.5 Å². The fourth-order valence-electron chi connectivity index (χ4n) is 2.78. The van der Waals surface area contributed by atoms with Crippen molar-refractivity contribution in [3.63, 3.8) is 0 Å². The number of nitrogens with two attached hydrogens (primary N) is 1. The van der Waals surface area contributed by atoms with Gasteiger partial charge in [0.1, 0.15) is 23.0 Å². The number of hydrogen-bond acceptors (Lipinski definition) is 3. The number of carbonyl (C=O) groups excluding carboxylic acids is 1. The highest BCUT2D eigenvalue weighted by Gasteiger charge is 2.21. The van der Waals surface area contributed by atoms with E-state index in [1.165, 1.54) is 12.1 Å². The number of benzene rings is 2. The molecule has 1 aromatic heterocycles. The maximum absolute atomic E-state index is 14.5. The number of fused-ring (bicyclic) bond motifs is 1. The van der Waals surface area contributed by atoms with Gasteiger partial charge in [0.2, 0.25) is 0 Å². The summed E-state index contributed by atoms with van der Waals surface area (Å²) >= 11 is 0. The normalized spacial score (nSPS) is 11.2. The van der Waals surface area contributed by atoms with E-state index >= 15 is 0 Å². The van der Waals surface area contributed by atoms with Crippen LogP contribution in [0.25, 0.3) is 22.3 Å². The molecule has 0 saturated heterocycles. The molecule has 0 saturated carbocycles. The van der Waals surface area contributed by atoms with E-state index < -0.39 is 17.5 Å². The van der Waals surface area contributed by atoms with E-state index in [4.69, 9.17) is 10.2 Å². The van der Waals surface area contributed by atoms with Gasteiger partial charge >= 0.3 is 0 Å². The van der Waals surface area contributed by atoms with E-state index in [-0.39, 0.29) is 22.5 Å². The van der Waals surface area contributed by atoms with Crippen molar-refractivity contribution in [1.29, 1.82) is 0 Å². The SMILES string of the molecule is CNCc1ccc(-c2oc3c(C(N)=O)cc(F)cc3c2C)c(F)c1. The number of rotatable bonds is 4. The van der Waals surface area contributed by atoms with Gasteiger partial charge in [-0.25, -0.2) is 8.78 Å². The van der Waals surface area contributed by atoms with Crippen LogP contribution in [-0.4, -0.2) is 13.0 Å². The first-order valence-electron chi connectivity index (χ1n) is 7.38. The molecule has 1 amide bonds. The fraction of sp³-hybridized carbons (Fsp3) is 0.167. The van der Waals surface area contributed by atoms with Gasteiger partial charge in [0.25, 0.3) is 5.91 Å². The van der Waals surface area contributed by atoms with Gasteiger partial charge in [-0.3, -0.25) is 4.79 Å². The molecule has 3 N–H and O–H groups in total. The molecule has 0 spiro atoms. The highest BCUT2D eigenvalue weighted by molar-refractivity contribution is 6.06. The van der Waals surface area contributed by atoms with Crippen molar-refractivity contribution in [2.75, 3.05) is 7.05 Å². The first kappa shape index (κ1) is 16.1. The number of halogens is 2. The molecule has 6 heteroatoms. The lowest BCUT2D eigenvalue weighted by atomic mass is 10.0. The molecule has 124 valence electrons. The van der Waals surface area contributed by atoms with Crippen LogP contribution in [-0.2, 0) is 6.54 Å². The molecular weight excluding hydrogens is 314 g/mol. The lowest BCUT2D eigenvalue weighted by molar-refractivity contribution is 0.100. The van der Waals surface area contributed by atoms with Crippen molar-refractivity contribution >= 4 is 16.9 Å². The summed E-state index contributed by atoms with van der Waals surface area (Å²) in [6.07, 6.45) is 0. The van der Waals surface area contributed by atoms with Crippen LogP contribution < -0.4 is 11.1 Å². The molecule has 0 aliphatic heterocycles. The third-order valence-corrected chi connectivity index (χ3v) is 3.93. The van der Waals surface area contributed by atoms with Crippen LogP contribution in [0.3, 0.4) is 0 Å². The highest BCUT2D eigenvalue weighted by Crippen LogP contribution is 2.36. The minimum Gasteiger partial charge on any atom is -0.455 e. The van der Waals surface area contributed by atoms with Crippen LogP contribution in [0.4, 0.5) is 8.78 Å². The molecule has 4 nitrogen and oxygen atoms in total. The number of hydrogen-bond donors (Lipinski definition) is 2. The van der Waals surface area contributed by atoms with Crippen molar-refractivity contribution in [1.82, 2.24) is 5.32 Å². The Kier molecular flexibility index (Phi) is 4.07. The first-order chi connectivity index (χ1) is 11.4. The number of primary amides is 1. The van der Waals surface area contributed by atoms with Crippen LogP contribution in [0, 0.1) is 18.6 Å². The zero-order valence-electron chi connectivity index (χ0n) is 13.2. The number of carbonyl (C=O) groups is 1. The minimum absolute atomic E-state index is 0.0634. The largest absolute Gasteiger partial charge is 0.455 e. The molecule has 2 aromatic carbocycles. The number of nitrogens with one attached hydrogen (secondary N) is 1. The Bertz CT molecular complexity index is 948. The van der Waals surface area contributed by atoms with Crippen LogP contribution >= 0.6 is 0 Å². The summed E-state index contributed by atoms with van der Waals surface area (Å²) in [6, 6.07) is 7.05. The summed E-state index contributed by atoms with van der Waals surface area (Å²) in [7, 11) is 1.77. The Morgan fingerprint density at radius 2 is 2.00 bits per heavy atom. The van der Waals surface area contributed by atoms with Crippen molar-refractivity contribution in [3.8, 4) is 11.3 Å². The minimum atomic E-state index is -0.801. The highest BCUT2D eigenvalue weighted by atomic mass is 19.1. The topological polar surface area (TPSA) is 68.3 Å². The second-order valence-electron chi connectivity index (χ2n) is 5.59. The maximum atomic E-state index is 14.5. The van der Waals surface area contributed by atoms with Gasteiger partial charge in [0.15, 0.2) is 0 Å². The second-order valence-corrected chi connectivity index (χ2v) is 5.59. The molecule has 1 heterocycles. The molecule has 0 aliphatic carbocycles. The summed E-state index contributed by atoms with van der Waals surface area (Å²) in [5.74, 6) is -1.60. The summed E-state index contributed by atoms with van der Waals surface area (Å²) in [6.45, 7) is 2.22. The number of aryl methyl sites for hydroxylation is 1. The van der Waals surface area contributed by atoms with E-state index in [0.717, 1.165) is 11.6 Å². The zero-order valence-corrected chi connectivity index (χ0v) is 13.2. The molecule has 0 radical (unpaired) electrons. The Morgan fingerprint density at radius 3 is 2.62 bits per heavy atom. The van der Waals surface area contributed by atoms with Gasteiger partial charge in [-0.1, -0.05) is 6.07 Å². The molecule has 0 bridgehead atoms. The second kappa shape index (κ2) is 6.05. The van der Waals surface area contributed by atoms with Crippen molar-refractivity contribution in [2.45, 2.75) is 13.5 Å². The average molecular weight is 330 g/mol. The van der Waals surface area contributed by atoms with Gasteiger partial charge in [-0.05, 0) is 43.8 Å². The van der Waals surface area contributed by atoms with E-state index in [0.29, 0.717) is 17.5 Å². The monoisotopic (exact) mass is 330 g/mol. The molecule has 0 atom stereocenters. The van der Waals surface area contributed by atoms with Crippen molar-refractivity contribution < 1.29 is 18.0 Å². The van der Waals surface area contributed by atoms with E-state index in [2.05, 4.69) is 5.32 Å². The maximum Gasteiger partial charge on any atom is 0.252 e. The summed E-state index contributed by atoms with van der Waals surface area (Å²) in [4.78, 5) is 11.5. The molecule has 0 unspecified atom stereocenters. The lowest BCUT2D eigenvalue weighted by Crippen LogP contribution is -2.11. The molecular formula is C18H16F2N2O2. The number of amides is 1. The Balaban J connectivity index is 2.23.